The van der Waals surface area contributed by atoms with Crippen LogP contribution in [0.1, 0.15) is 6.92 Å². The lowest BCUT2D eigenvalue weighted by Gasteiger charge is -2.11. The molecule has 0 aliphatic carbocycles. The molecule has 0 unspecified atom stereocenters. The molecule has 1 rings (SSSR count). The molecule has 3 N–H and O–H groups in total. The van der Waals surface area contributed by atoms with Gasteiger partial charge >= 0.3 is 0 Å². The molecule has 1 aromatic rings. The molecule has 0 heterocycles. The maximum absolute atomic E-state index is 13.4. The summed E-state index contributed by atoms with van der Waals surface area (Å²) in [5.41, 5.74) is 7.12. The quantitative estimate of drug-likeness (QED) is 0.592. The molecule has 1 aromatic carbocycles. The Labute approximate surface area is 88.7 Å². The van der Waals surface area contributed by atoms with Gasteiger partial charge in [-0.1, -0.05) is 12.2 Å². The molecule has 0 aliphatic rings. The van der Waals surface area contributed by atoms with Crippen LogP contribution in [0.15, 0.2) is 24.3 Å². The lowest BCUT2D eigenvalue weighted by Crippen LogP contribution is -2.05. The SMILES string of the molecule is C=C(C)CNc1cc(OC)c(N)cc1F. The third kappa shape index (κ3) is 2.87. The zero-order valence-corrected chi connectivity index (χ0v) is 8.93. The summed E-state index contributed by atoms with van der Waals surface area (Å²) in [6, 6.07) is 2.77. The highest BCUT2D eigenvalue weighted by Gasteiger charge is 2.07. The zero-order chi connectivity index (χ0) is 11.4. The molecule has 0 atom stereocenters. The Bertz CT molecular complexity index is 377. The van der Waals surface area contributed by atoms with E-state index in [1.807, 2.05) is 6.92 Å². The van der Waals surface area contributed by atoms with E-state index < -0.39 is 5.82 Å². The van der Waals surface area contributed by atoms with E-state index in [4.69, 9.17) is 10.5 Å². The molecule has 0 bridgehead atoms. The van der Waals surface area contributed by atoms with Gasteiger partial charge in [-0.05, 0) is 6.92 Å². The monoisotopic (exact) mass is 210 g/mol. The summed E-state index contributed by atoms with van der Waals surface area (Å²) in [6.07, 6.45) is 0. The van der Waals surface area contributed by atoms with Crippen molar-refractivity contribution >= 4 is 11.4 Å². The first-order chi connectivity index (χ1) is 7.04. The predicted octanol–water partition coefficient (Wildman–Crippen LogP) is 2.40. The number of hydrogen-bond donors (Lipinski definition) is 2. The van der Waals surface area contributed by atoms with Crippen molar-refractivity contribution in [2.24, 2.45) is 0 Å². The topological polar surface area (TPSA) is 47.3 Å². The maximum atomic E-state index is 13.4. The van der Waals surface area contributed by atoms with Gasteiger partial charge in [0.25, 0.3) is 0 Å². The van der Waals surface area contributed by atoms with E-state index in [-0.39, 0.29) is 5.69 Å². The van der Waals surface area contributed by atoms with Crippen molar-refractivity contribution in [3.8, 4) is 5.75 Å². The Kier molecular flexibility index (Phi) is 3.55. The highest BCUT2D eigenvalue weighted by atomic mass is 19.1. The molecular formula is C11H15FN2O. The Hall–Kier alpha value is -1.71. The number of ether oxygens (including phenoxy) is 1. The Morgan fingerprint density at radius 3 is 2.80 bits per heavy atom. The fraction of sp³-hybridized carbons (Fsp3) is 0.273. The highest BCUT2D eigenvalue weighted by Crippen LogP contribution is 2.28. The molecule has 0 saturated heterocycles. The van der Waals surface area contributed by atoms with E-state index in [2.05, 4.69) is 11.9 Å². The van der Waals surface area contributed by atoms with Crippen LogP contribution >= 0.6 is 0 Å². The lowest BCUT2D eigenvalue weighted by atomic mass is 10.2. The molecule has 0 aliphatic heterocycles. The largest absolute Gasteiger partial charge is 0.495 e. The number of nitrogens with one attached hydrogen (secondary N) is 1. The van der Waals surface area contributed by atoms with Crippen LogP contribution in [0, 0.1) is 5.82 Å². The van der Waals surface area contributed by atoms with Gasteiger partial charge < -0.3 is 15.8 Å². The van der Waals surface area contributed by atoms with Gasteiger partial charge in [-0.15, -0.1) is 0 Å². The molecule has 82 valence electrons. The van der Waals surface area contributed by atoms with E-state index in [0.717, 1.165) is 5.57 Å². The maximum Gasteiger partial charge on any atom is 0.148 e. The van der Waals surface area contributed by atoms with E-state index in [9.17, 15) is 4.39 Å². The summed E-state index contributed by atoms with van der Waals surface area (Å²) in [4.78, 5) is 0. The summed E-state index contributed by atoms with van der Waals surface area (Å²) in [7, 11) is 1.49. The second kappa shape index (κ2) is 4.68. The minimum atomic E-state index is -0.394. The van der Waals surface area contributed by atoms with Crippen LogP contribution in [0.5, 0.6) is 5.75 Å². The molecule has 4 heteroatoms. The third-order valence-electron chi connectivity index (χ3n) is 1.90. The first kappa shape index (κ1) is 11.4. The summed E-state index contributed by atoms with van der Waals surface area (Å²) in [5.74, 6) is 0.0650. The molecule has 3 nitrogen and oxygen atoms in total. The second-order valence-corrected chi connectivity index (χ2v) is 3.38. The van der Waals surface area contributed by atoms with Gasteiger partial charge in [-0.3, -0.25) is 0 Å². The first-order valence-electron chi connectivity index (χ1n) is 4.56. The van der Waals surface area contributed by atoms with Gasteiger partial charge in [0.05, 0.1) is 18.5 Å². The summed E-state index contributed by atoms with van der Waals surface area (Å²) in [5, 5.41) is 2.90. The number of anilines is 2. The molecule has 0 fully saturated rings. The average Bonchev–Trinajstić information content (AvgIpc) is 2.16. The van der Waals surface area contributed by atoms with Gasteiger partial charge in [0.2, 0.25) is 0 Å². The number of halogens is 1. The van der Waals surface area contributed by atoms with Crippen LogP contribution < -0.4 is 15.8 Å². The van der Waals surface area contributed by atoms with Gasteiger partial charge in [0, 0.05) is 18.7 Å². The Morgan fingerprint density at radius 2 is 2.27 bits per heavy atom. The van der Waals surface area contributed by atoms with Crippen LogP contribution in [-0.2, 0) is 0 Å². The number of nitrogen functional groups attached to an aromatic ring is 1. The Morgan fingerprint density at radius 1 is 1.60 bits per heavy atom. The summed E-state index contributed by atoms with van der Waals surface area (Å²) < 4.78 is 18.4. The minimum Gasteiger partial charge on any atom is -0.495 e. The minimum absolute atomic E-state index is 0.288. The van der Waals surface area contributed by atoms with Crippen molar-refractivity contribution in [3.63, 3.8) is 0 Å². The normalized spacial score (nSPS) is 9.80. The standard InChI is InChI=1S/C11H15FN2O/c1-7(2)6-14-10-5-11(15-3)9(13)4-8(10)12/h4-5,14H,1,6,13H2,2-3H3. The second-order valence-electron chi connectivity index (χ2n) is 3.38. The van der Waals surface area contributed by atoms with E-state index >= 15 is 0 Å². The van der Waals surface area contributed by atoms with Crippen molar-refractivity contribution in [2.75, 3.05) is 24.7 Å². The fourth-order valence-electron chi connectivity index (χ4n) is 1.13. The van der Waals surface area contributed by atoms with E-state index in [0.29, 0.717) is 18.0 Å². The van der Waals surface area contributed by atoms with Crippen LogP contribution in [-0.4, -0.2) is 13.7 Å². The van der Waals surface area contributed by atoms with Crippen molar-refractivity contribution in [1.29, 1.82) is 0 Å². The van der Waals surface area contributed by atoms with Crippen LogP contribution in [0.3, 0.4) is 0 Å². The zero-order valence-electron chi connectivity index (χ0n) is 8.93. The van der Waals surface area contributed by atoms with Crippen LogP contribution in [0.2, 0.25) is 0 Å². The molecule has 0 aromatic heterocycles. The van der Waals surface area contributed by atoms with Gasteiger partial charge in [0.1, 0.15) is 11.6 Å². The molecule has 0 radical (unpaired) electrons. The molecule has 0 amide bonds. The summed E-state index contributed by atoms with van der Waals surface area (Å²) in [6.45, 7) is 6.10. The first-order valence-corrected chi connectivity index (χ1v) is 4.56. The predicted molar refractivity (Wildman–Crippen MR) is 60.7 cm³/mol. The van der Waals surface area contributed by atoms with Crippen molar-refractivity contribution in [3.05, 3.63) is 30.1 Å². The average molecular weight is 210 g/mol. The van der Waals surface area contributed by atoms with Gasteiger partial charge in [-0.2, -0.15) is 0 Å². The van der Waals surface area contributed by atoms with E-state index in [1.54, 1.807) is 0 Å². The van der Waals surface area contributed by atoms with Crippen molar-refractivity contribution in [1.82, 2.24) is 0 Å². The molecule has 0 saturated carbocycles. The molecule has 0 spiro atoms. The Balaban J connectivity index is 2.92. The molecule has 15 heavy (non-hydrogen) atoms. The van der Waals surface area contributed by atoms with Crippen molar-refractivity contribution in [2.45, 2.75) is 6.92 Å². The number of hydrogen-bond acceptors (Lipinski definition) is 3. The number of rotatable bonds is 4. The number of benzene rings is 1. The molecular weight excluding hydrogens is 195 g/mol. The third-order valence-corrected chi connectivity index (χ3v) is 1.90. The number of nitrogens with two attached hydrogens (primary N) is 1. The number of methoxy groups -OCH3 is 1. The van der Waals surface area contributed by atoms with Gasteiger partial charge in [0.15, 0.2) is 0 Å². The van der Waals surface area contributed by atoms with E-state index in [1.165, 1.54) is 19.2 Å². The van der Waals surface area contributed by atoms with Crippen molar-refractivity contribution < 1.29 is 9.13 Å². The summed E-state index contributed by atoms with van der Waals surface area (Å²) >= 11 is 0. The van der Waals surface area contributed by atoms with Gasteiger partial charge in [-0.25, -0.2) is 4.39 Å². The lowest BCUT2D eigenvalue weighted by molar-refractivity contribution is 0.416. The van der Waals surface area contributed by atoms with Crippen LogP contribution in [0.4, 0.5) is 15.8 Å². The highest BCUT2D eigenvalue weighted by molar-refractivity contribution is 5.62. The van der Waals surface area contributed by atoms with Crippen LogP contribution in [0.25, 0.3) is 0 Å². The fourth-order valence-corrected chi connectivity index (χ4v) is 1.13. The smallest absolute Gasteiger partial charge is 0.148 e.